The SMILES string of the molecule is CCc1c(-c2ccccc2)n(C)c(=O)c2ccccc12. The van der Waals surface area contributed by atoms with Gasteiger partial charge >= 0.3 is 0 Å². The molecule has 2 aromatic carbocycles. The molecule has 0 saturated carbocycles. The van der Waals surface area contributed by atoms with Gasteiger partial charge in [-0.2, -0.15) is 0 Å². The molecule has 0 aliphatic carbocycles. The Morgan fingerprint density at radius 3 is 2.15 bits per heavy atom. The summed E-state index contributed by atoms with van der Waals surface area (Å²) in [6.07, 6.45) is 0.902. The van der Waals surface area contributed by atoms with Gasteiger partial charge in [0.05, 0.1) is 5.69 Å². The number of benzene rings is 2. The van der Waals surface area contributed by atoms with Gasteiger partial charge in [-0.05, 0) is 29.0 Å². The Balaban J connectivity index is 2.49. The Morgan fingerprint density at radius 1 is 0.900 bits per heavy atom. The molecular formula is C18H17NO. The molecule has 0 unspecified atom stereocenters. The van der Waals surface area contributed by atoms with Crippen LogP contribution in [0.3, 0.4) is 0 Å². The minimum absolute atomic E-state index is 0.0663. The summed E-state index contributed by atoms with van der Waals surface area (Å²) >= 11 is 0. The lowest BCUT2D eigenvalue weighted by molar-refractivity contribution is 0.868. The van der Waals surface area contributed by atoms with Crippen LogP contribution in [-0.4, -0.2) is 4.57 Å². The Bertz CT molecular complexity index is 816. The van der Waals surface area contributed by atoms with Crippen molar-refractivity contribution in [1.29, 1.82) is 0 Å². The van der Waals surface area contributed by atoms with Crippen LogP contribution in [0.1, 0.15) is 12.5 Å². The first kappa shape index (κ1) is 12.7. The Hall–Kier alpha value is -2.35. The zero-order chi connectivity index (χ0) is 14.1. The number of pyridine rings is 1. The standard InChI is InChI=1S/C18H17NO/c1-3-14-15-11-7-8-12-16(15)18(20)19(2)17(14)13-9-5-4-6-10-13/h4-12H,3H2,1-2H3. The van der Waals surface area contributed by atoms with Crippen LogP contribution in [-0.2, 0) is 13.5 Å². The fourth-order valence-corrected chi connectivity index (χ4v) is 2.87. The zero-order valence-electron chi connectivity index (χ0n) is 11.8. The van der Waals surface area contributed by atoms with E-state index in [4.69, 9.17) is 0 Å². The van der Waals surface area contributed by atoms with E-state index >= 15 is 0 Å². The van der Waals surface area contributed by atoms with Crippen LogP contribution in [0.4, 0.5) is 0 Å². The highest BCUT2D eigenvalue weighted by Gasteiger charge is 2.14. The van der Waals surface area contributed by atoms with Crippen molar-refractivity contribution in [2.45, 2.75) is 13.3 Å². The molecule has 3 rings (SSSR count). The maximum absolute atomic E-state index is 12.6. The highest BCUT2D eigenvalue weighted by atomic mass is 16.1. The molecule has 0 N–H and O–H groups in total. The normalized spacial score (nSPS) is 10.9. The number of rotatable bonds is 2. The van der Waals surface area contributed by atoms with Crippen molar-refractivity contribution >= 4 is 10.8 Å². The molecule has 0 saturated heterocycles. The highest BCUT2D eigenvalue weighted by molar-refractivity contribution is 5.89. The fraction of sp³-hybridized carbons (Fsp3) is 0.167. The molecule has 2 heteroatoms. The summed E-state index contributed by atoms with van der Waals surface area (Å²) in [4.78, 5) is 12.6. The third-order valence-electron chi connectivity index (χ3n) is 3.81. The van der Waals surface area contributed by atoms with Gasteiger partial charge in [0.15, 0.2) is 0 Å². The Kier molecular flexibility index (Phi) is 3.15. The summed E-state index contributed by atoms with van der Waals surface area (Å²) < 4.78 is 1.77. The number of aryl methyl sites for hydroxylation is 1. The van der Waals surface area contributed by atoms with Gasteiger partial charge in [-0.3, -0.25) is 4.79 Å². The maximum Gasteiger partial charge on any atom is 0.258 e. The number of fused-ring (bicyclic) bond motifs is 1. The van der Waals surface area contributed by atoms with E-state index in [1.807, 2.05) is 49.5 Å². The van der Waals surface area contributed by atoms with Crippen molar-refractivity contribution in [1.82, 2.24) is 4.57 Å². The molecule has 0 bridgehead atoms. The molecule has 20 heavy (non-hydrogen) atoms. The third kappa shape index (κ3) is 1.85. The molecule has 0 amide bonds. The molecule has 0 atom stereocenters. The molecule has 0 radical (unpaired) electrons. The second kappa shape index (κ2) is 4.97. The molecular weight excluding hydrogens is 246 g/mol. The van der Waals surface area contributed by atoms with Crippen LogP contribution in [0.15, 0.2) is 59.4 Å². The molecule has 0 fully saturated rings. The number of hydrogen-bond acceptors (Lipinski definition) is 1. The number of hydrogen-bond donors (Lipinski definition) is 0. The van der Waals surface area contributed by atoms with Crippen molar-refractivity contribution in [3.63, 3.8) is 0 Å². The van der Waals surface area contributed by atoms with Gasteiger partial charge in [0.2, 0.25) is 0 Å². The third-order valence-corrected chi connectivity index (χ3v) is 3.81. The van der Waals surface area contributed by atoms with E-state index in [-0.39, 0.29) is 5.56 Å². The molecule has 0 aliphatic heterocycles. The van der Waals surface area contributed by atoms with Crippen LogP contribution in [0.2, 0.25) is 0 Å². The van der Waals surface area contributed by atoms with Gasteiger partial charge < -0.3 is 4.57 Å². The van der Waals surface area contributed by atoms with Gasteiger partial charge in [-0.1, -0.05) is 55.5 Å². The van der Waals surface area contributed by atoms with Crippen molar-refractivity contribution in [3.8, 4) is 11.3 Å². The van der Waals surface area contributed by atoms with E-state index in [1.165, 1.54) is 5.56 Å². The van der Waals surface area contributed by atoms with Crippen LogP contribution in [0.5, 0.6) is 0 Å². The maximum atomic E-state index is 12.6. The topological polar surface area (TPSA) is 22.0 Å². The molecule has 2 nitrogen and oxygen atoms in total. The summed E-state index contributed by atoms with van der Waals surface area (Å²) in [7, 11) is 1.86. The first-order valence-electron chi connectivity index (χ1n) is 6.90. The van der Waals surface area contributed by atoms with Gasteiger partial charge in [0.1, 0.15) is 0 Å². The number of aromatic nitrogens is 1. The van der Waals surface area contributed by atoms with E-state index < -0.39 is 0 Å². The summed E-state index contributed by atoms with van der Waals surface area (Å²) in [6.45, 7) is 2.14. The van der Waals surface area contributed by atoms with Crippen LogP contribution < -0.4 is 5.56 Å². The molecule has 100 valence electrons. The monoisotopic (exact) mass is 263 g/mol. The van der Waals surface area contributed by atoms with Crippen molar-refractivity contribution in [2.24, 2.45) is 7.05 Å². The van der Waals surface area contributed by atoms with E-state index in [1.54, 1.807) is 4.57 Å². The van der Waals surface area contributed by atoms with E-state index in [2.05, 4.69) is 19.1 Å². The lowest BCUT2D eigenvalue weighted by Gasteiger charge is -2.16. The smallest absolute Gasteiger partial charge is 0.258 e. The van der Waals surface area contributed by atoms with Crippen LogP contribution >= 0.6 is 0 Å². The zero-order valence-corrected chi connectivity index (χ0v) is 11.8. The summed E-state index contributed by atoms with van der Waals surface area (Å²) in [5, 5.41) is 1.86. The van der Waals surface area contributed by atoms with Gasteiger partial charge in [0.25, 0.3) is 5.56 Å². The minimum Gasteiger partial charge on any atom is -0.311 e. The lowest BCUT2D eigenvalue weighted by atomic mass is 9.97. The summed E-state index contributed by atoms with van der Waals surface area (Å²) in [6, 6.07) is 18.0. The first-order chi connectivity index (χ1) is 9.74. The van der Waals surface area contributed by atoms with Gasteiger partial charge in [-0.25, -0.2) is 0 Å². The van der Waals surface area contributed by atoms with E-state index in [9.17, 15) is 4.79 Å². The van der Waals surface area contributed by atoms with E-state index in [0.29, 0.717) is 0 Å². The van der Waals surface area contributed by atoms with E-state index in [0.717, 1.165) is 28.5 Å². The summed E-state index contributed by atoms with van der Waals surface area (Å²) in [5.41, 5.74) is 3.41. The Labute approximate surface area is 118 Å². The average molecular weight is 263 g/mol. The average Bonchev–Trinajstić information content (AvgIpc) is 2.51. The lowest BCUT2D eigenvalue weighted by Crippen LogP contribution is -2.20. The Morgan fingerprint density at radius 2 is 1.50 bits per heavy atom. The molecule has 3 aromatic rings. The second-order valence-electron chi connectivity index (χ2n) is 4.96. The van der Waals surface area contributed by atoms with Crippen LogP contribution in [0.25, 0.3) is 22.0 Å². The van der Waals surface area contributed by atoms with Gasteiger partial charge in [0, 0.05) is 12.4 Å². The highest BCUT2D eigenvalue weighted by Crippen LogP contribution is 2.28. The van der Waals surface area contributed by atoms with Crippen LogP contribution in [0, 0.1) is 0 Å². The largest absolute Gasteiger partial charge is 0.311 e. The van der Waals surface area contributed by atoms with Crippen molar-refractivity contribution in [3.05, 3.63) is 70.5 Å². The molecule has 0 spiro atoms. The molecule has 1 heterocycles. The predicted octanol–water partition coefficient (Wildman–Crippen LogP) is 3.77. The second-order valence-corrected chi connectivity index (χ2v) is 4.96. The van der Waals surface area contributed by atoms with Crippen molar-refractivity contribution < 1.29 is 0 Å². The molecule has 1 aromatic heterocycles. The summed E-state index contributed by atoms with van der Waals surface area (Å²) in [5.74, 6) is 0. The van der Waals surface area contributed by atoms with Gasteiger partial charge in [-0.15, -0.1) is 0 Å². The fourth-order valence-electron chi connectivity index (χ4n) is 2.87. The van der Waals surface area contributed by atoms with Crippen molar-refractivity contribution in [2.75, 3.05) is 0 Å². The predicted molar refractivity (Wildman–Crippen MR) is 84.0 cm³/mol. The molecule has 0 aliphatic rings. The number of nitrogens with zero attached hydrogens (tertiary/aromatic N) is 1. The quantitative estimate of drug-likeness (QED) is 0.690. The minimum atomic E-state index is 0.0663. The first-order valence-corrected chi connectivity index (χ1v) is 6.90.